The molecule has 30 heavy (non-hydrogen) atoms. The van der Waals surface area contributed by atoms with Crippen LogP contribution in [0.3, 0.4) is 0 Å². The highest BCUT2D eigenvalue weighted by Crippen LogP contribution is 2.38. The van der Waals surface area contributed by atoms with E-state index in [1.807, 2.05) is 0 Å². The van der Waals surface area contributed by atoms with Gasteiger partial charge in [0.05, 0.1) is 17.2 Å². The molecule has 0 saturated carbocycles. The Morgan fingerprint density at radius 2 is 1.77 bits per heavy atom. The second kappa shape index (κ2) is 7.49. The van der Waals surface area contributed by atoms with Crippen LogP contribution in [0, 0.1) is 0 Å². The Labute approximate surface area is 174 Å². The fourth-order valence-corrected chi connectivity index (χ4v) is 3.13. The first kappa shape index (κ1) is 20.0. The molecule has 4 aromatic rings. The van der Waals surface area contributed by atoms with Gasteiger partial charge in [-0.05, 0) is 42.0 Å². The number of halogens is 4. The van der Waals surface area contributed by atoms with Crippen LogP contribution in [-0.2, 0) is 6.18 Å². The molecule has 152 valence electrons. The standard InChI is InChI=1S/C21H10BrF3O5/c22-12-5-3-11(4-6-12)17-18(26)14-8-7-13(29-20(27)15-2-1-9-28-15)10-16(14)30-19(17)21(23,24)25/h1-10H. The minimum Gasteiger partial charge on any atom is -0.457 e. The van der Waals surface area contributed by atoms with E-state index in [-0.39, 0.29) is 28.0 Å². The topological polar surface area (TPSA) is 69.7 Å². The molecule has 5 nitrogen and oxygen atoms in total. The molecule has 0 atom stereocenters. The molecule has 2 aromatic heterocycles. The molecule has 0 bridgehead atoms. The first-order chi connectivity index (χ1) is 14.2. The molecular weight excluding hydrogens is 469 g/mol. The maximum atomic E-state index is 13.7. The summed E-state index contributed by atoms with van der Waals surface area (Å²) in [4.78, 5) is 24.9. The van der Waals surface area contributed by atoms with Crippen LogP contribution in [0.2, 0.25) is 0 Å². The number of fused-ring (bicyclic) bond motifs is 1. The van der Waals surface area contributed by atoms with Crippen LogP contribution in [0.5, 0.6) is 5.75 Å². The first-order valence-electron chi connectivity index (χ1n) is 8.44. The van der Waals surface area contributed by atoms with Crippen LogP contribution < -0.4 is 10.2 Å². The zero-order chi connectivity index (χ0) is 21.5. The van der Waals surface area contributed by atoms with Crippen molar-refractivity contribution in [1.82, 2.24) is 0 Å². The summed E-state index contributed by atoms with van der Waals surface area (Å²) in [6, 6.07) is 12.3. The summed E-state index contributed by atoms with van der Waals surface area (Å²) in [5.41, 5.74) is -1.75. The number of furan rings is 1. The number of alkyl halides is 3. The second-order valence-electron chi connectivity index (χ2n) is 6.16. The van der Waals surface area contributed by atoms with Crippen molar-refractivity contribution in [3.63, 3.8) is 0 Å². The number of hydrogen-bond acceptors (Lipinski definition) is 5. The summed E-state index contributed by atoms with van der Waals surface area (Å²) >= 11 is 3.20. The van der Waals surface area contributed by atoms with Gasteiger partial charge in [0.1, 0.15) is 11.3 Å². The molecule has 0 radical (unpaired) electrons. The highest BCUT2D eigenvalue weighted by molar-refractivity contribution is 9.10. The van der Waals surface area contributed by atoms with Gasteiger partial charge in [-0.3, -0.25) is 4.79 Å². The highest BCUT2D eigenvalue weighted by atomic mass is 79.9. The molecule has 0 unspecified atom stereocenters. The van der Waals surface area contributed by atoms with Crippen molar-refractivity contribution < 1.29 is 31.5 Å². The summed E-state index contributed by atoms with van der Waals surface area (Å²) in [5.74, 6) is -2.46. The quantitative estimate of drug-likeness (QED) is 0.264. The van der Waals surface area contributed by atoms with Crippen LogP contribution in [0.25, 0.3) is 22.1 Å². The van der Waals surface area contributed by atoms with Gasteiger partial charge in [0.15, 0.2) is 0 Å². The smallest absolute Gasteiger partial charge is 0.450 e. The van der Waals surface area contributed by atoms with E-state index in [0.717, 1.165) is 6.07 Å². The third kappa shape index (κ3) is 3.76. The van der Waals surface area contributed by atoms with Crippen molar-refractivity contribution in [2.45, 2.75) is 6.18 Å². The number of benzene rings is 2. The second-order valence-corrected chi connectivity index (χ2v) is 7.08. The van der Waals surface area contributed by atoms with Crippen molar-refractivity contribution >= 4 is 32.9 Å². The largest absolute Gasteiger partial charge is 0.457 e. The van der Waals surface area contributed by atoms with Gasteiger partial charge < -0.3 is 13.6 Å². The molecule has 0 N–H and O–H groups in total. The number of ether oxygens (including phenoxy) is 1. The third-order valence-electron chi connectivity index (χ3n) is 4.19. The van der Waals surface area contributed by atoms with E-state index in [1.54, 1.807) is 0 Å². The van der Waals surface area contributed by atoms with Gasteiger partial charge in [-0.2, -0.15) is 13.2 Å². The lowest BCUT2D eigenvalue weighted by molar-refractivity contribution is -0.152. The van der Waals surface area contributed by atoms with Gasteiger partial charge in [0.25, 0.3) is 0 Å². The maximum absolute atomic E-state index is 13.7. The van der Waals surface area contributed by atoms with E-state index >= 15 is 0 Å². The van der Waals surface area contributed by atoms with E-state index in [1.165, 1.54) is 54.8 Å². The van der Waals surface area contributed by atoms with Crippen LogP contribution in [0.15, 0.2) is 79.0 Å². The predicted octanol–water partition coefficient (Wildman–Crippen LogP) is 6.05. The molecule has 0 aliphatic carbocycles. The van der Waals surface area contributed by atoms with E-state index < -0.39 is 28.9 Å². The Morgan fingerprint density at radius 3 is 2.40 bits per heavy atom. The Balaban J connectivity index is 1.86. The van der Waals surface area contributed by atoms with Crippen LogP contribution >= 0.6 is 15.9 Å². The molecule has 0 spiro atoms. The molecule has 0 aliphatic heterocycles. The van der Waals surface area contributed by atoms with Gasteiger partial charge in [0, 0.05) is 10.5 Å². The summed E-state index contributed by atoms with van der Waals surface area (Å²) in [6.45, 7) is 0. The SMILES string of the molecule is O=C(Oc1ccc2c(=O)c(-c3ccc(Br)cc3)c(C(F)(F)F)oc2c1)c1ccco1. The fourth-order valence-electron chi connectivity index (χ4n) is 2.87. The molecule has 0 amide bonds. The molecule has 0 aliphatic rings. The van der Waals surface area contributed by atoms with Crippen molar-refractivity contribution in [3.05, 3.63) is 87.1 Å². The van der Waals surface area contributed by atoms with Gasteiger partial charge in [-0.15, -0.1) is 0 Å². The normalized spacial score (nSPS) is 11.6. The molecular formula is C21H10BrF3O5. The predicted molar refractivity (Wildman–Crippen MR) is 104 cm³/mol. The number of hydrogen-bond donors (Lipinski definition) is 0. The average molecular weight is 479 g/mol. The Kier molecular flexibility index (Phi) is 4.98. The Hall–Kier alpha value is -3.33. The average Bonchev–Trinajstić information content (AvgIpc) is 3.23. The van der Waals surface area contributed by atoms with Gasteiger partial charge >= 0.3 is 12.1 Å². The van der Waals surface area contributed by atoms with E-state index in [0.29, 0.717) is 4.47 Å². The van der Waals surface area contributed by atoms with E-state index in [9.17, 15) is 22.8 Å². The minimum atomic E-state index is -4.92. The van der Waals surface area contributed by atoms with Gasteiger partial charge in [-0.1, -0.05) is 28.1 Å². The van der Waals surface area contributed by atoms with Crippen LogP contribution in [0.4, 0.5) is 13.2 Å². The lowest BCUT2D eigenvalue weighted by Crippen LogP contribution is -2.16. The highest BCUT2D eigenvalue weighted by Gasteiger charge is 2.39. The van der Waals surface area contributed by atoms with Gasteiger partial charge in [-0.25, -0.2) is 4.79 Å². The first-order valence-corrected chi connectivity index (χ1v) is 9.23. The third-order valence-corrected chi connectivity index (χ3v) is 4.72. The van der Waals surface area contributed by atoms with Gasteiger partial charge in [0.2, 0.25) is 16.9 Å². The Morgan fingerprint density at radius 1 is 1.03 bits per heavy atom. The van der Waals surface area contributed by atoms with Crippen molar-refractivity contribution in [3.8, 4) is 16.9 Å². The zero-order valence-electron chi connectivity index (χ0n) is 14.8. The maximum Gasteiger partial charge on any atom is 0.450 e. The van der Waals surface area contributed by atoms with Crippen molar-refractivity contribution in [1.29, 1.82) is 0 Å². The molecule has 4 rings (SSSR count). The molecule has 2 aromatic carbocycles. The summed E-state index contributed by atoms with van der Waals surface area (Å²) in [7, 11) is 0. The van der Waals surface area contributed by atoms with Crippen LogP contribution in [0.1, 0.15) is 16.3 Å². The molecule has 9 heteroatoms. The van der Waals surface area contributed by atoms with E-state index in [4.69, 9.17) is 13.6 Å². The summed E-state index contributed by atoms with van der Waals surface area (Å²) < 4.78 is 56.8. The molecule has 0 saturated heterocycles. The number of carbonyl (C=O) groups is 1. The Bertz CT molecular complexity index is 1290. The lowest BCUT2D eigenvalue weighted by atomic mass is 10.0. The summed E-state index contributed by atoms with van der Waals surface area (Å²) in [6.07, 6.45) is -3.65. The van der Waals surface area contributed by atoms with E-state index in [2.05, 4.69) is 15.9 Å². The van der Waals surface area contributed by atoms with Crippen molar-refractivity contribution in [2.75, 3.05) is 0 Å². The number of rotatable bonds is 3. The lowest BCUT2D eigenvalue weighted by Gasteiger charge is -2.13. The van der Waals surface area contributed by atoms with Crippen LogP contribution in [-0.4, -0.2) is 5.97 Å². The zero-order valence-corrected chi connectivity index (χ0v) is 16.4. The number of carbonyl (C=O) groups excluding carboxylic acids is 1. The fraction of sp³-hybridized carbons (Fsp3) is 0.0476. The molecule has 2 heterocycles. The molecule has 0 fully saturated rings. The monoisotopic (exact) mass is 478 g/mol. The summed E-state index contributed by atoms with van der Waals surface area (Å²) in [5, 5.41) is -0.0845. The minimum absolute atomic E-state index is 0.0644. The number of esters is 1. The van der Waals surface area contributed by atoms with Crippen molar-refractivity contribution in [2.24, 2.45) is 0 Å².